The van der Waals surface area contributed by atoms with Crippen LogP contribution in [0.15, 0.2) is 0 Å². The third-order valence-electron chi connectivity index (χ3n) is 1.98. The molecule has 0 aliphatic rings. The molecule has 18 heavy (non-hydrogen) atoms. The molecule has 0 aromatic rings. The summed E-state index contributed by atoms with van der Waals surface area (Å²) in [6.07, 6.45) is -0.585. The average Bonchev–Trinajstić information content (AvgIpc) is 2.13. The second-order valence-electron chi connectivity index (χ2n) is 5.46. The Hall–Kier alpha value is -1.30. The normalized spacial score (nSPS) is 13.1. The molecule has 0 radical (unpaired) electrons. The van der Waals surface area contributed by atoms with Crippen LogP contribution in [0.2, 0.25) is 0 Å². The van der Waals surface area contributed by atoms with Gasteiger partial charge in [-0.25, -0.2) is 4.79 Å². The lowest BCUT2D eigenvalue weighted by atomic mass is 10.2. The number of carbonyl (C=O) groups excluding carboxylic acids is 2. The van der Waals surface area contributed by atoms with E-state index >= 15 is 0 Å². The number of alkyl carbamates (subject to hydrolysis) is 1. The van der Waals surface area contributed by atoms with Gasteiger partial charge in [0, 0.05) is 13.1 Å². The van der Waals surface area contributed by atoms with E-state index in [1.807, 2.05) is 19.0 Å². The molecular formula is C12H25N3O3. The summed E-state index contributed by atoms with van der Waals surface area (Å²) in [6.45, 7) is 8.24. The Morgan fingerprint density at radius 3 is 2.28 bits per heavy atom. The number of rotatable bonds is 5. The third kappa shape index (κ3) is 8.81. The largest absolute Gasteiger partial charge is 0.444 e. The Morgan fingerprint density at radius 1 is 1.28 bits per heavy atom. The maximum absolute atomic E-state index is 11.6. The van der Waals surface area contributed by atoms with E-state index in [9.17, 15) is 9.59 Å². The van der Waals surface area contributed by atoms with E-state index in [0.717, 1.165) is 6.54 Å². The van der Waals surface area contributed by atoms with E-state index in [1.54, 1.807) is 27.7 Å². The van der Waals surface area contributed by atoms with E-state index in [2.05, 4.69) is 10.6 Å². The van der Waals surface area contributed by atoms with Gasteiger partial charge < -0.3 is 20.3 Å². The van der Waals surface area contributed by atoms with E-state index < -0.39 is 17.7 Å². The zero-order chi connectivity index (χ0) is 14.3. The van der Waals surface area contributed by atoms with Crippen LogP contribution >= 0.6 is 0 Å². The zero-order valence-corrected chi connectivity index (χ0v) is 12.2. The van der Waals surface area contributed by atoms with Gasteiger partial charge in [-0.2, -0.15) is 0 Å². The Kier molecular flexibility index (Phi) is 6.68. The highest BCUT2D eigenvalue weighted by Crippen LogP contribution is 2.06. The van der Waals surface area contributed by atoms with Crippen LogP contribution in [0.3, 0.4) is 0 Å². The molecule has 0 aliphatic carbocycles. The van der Waals surface area contributed by atoms with Gasteiger partial charge in [0.25, 0.3) is 0 Å². The summed E-state index contributed by atoms with van der Waals surface area (Å²) in [6, 6.07) is -0.609. The minimum atomic E-state index is -0.609. The van der Waals surface area contributed by atoms with Crippen molar-refractivity contribution in [3.63, 3.8) is 0 Å². The first-order chi connectivity index (χ1) is 8.11. The molecular weight excluding hydrogens is 234 g/mol. The second-order valence-corrected chi connectivity index (χ2v) is 5.46. The number of carbonyl (C=O) groups is 2. The van der Waals surface area contributed by atoms with E-state index in [0.29, 0.717) is 6.54 Å². The van der Waals surface area contributed by atoms with Crippen molar-refractivity contribution in [2.75, 3.05) is 27.2 Å². The van der Waals surface area contributed by atoms with Crippen LogP contribution in [0, 0.1) is 0 Å². The van der Waals surface area contributed by atoms with Gasteiger partial charge in [-0.05, 0) is 41.8 Å². The molecule has 2 N–H and O–H groups in total. The Labute approximate surface area is 109 Å². The fraction of sp³-hybridized carbons (Fsp3) is 0.833. The van der Waals surface area contributed by atoms with Gasteiger partial charge in [-0.15, -0.1) is 0 Å². The lowest BCUT2D eigenvalue weighted by molar-refractivity contribution is -0.122. The van der Waals surface area contributed by atoms with E-state index in [4.69, 9.17) is 4.74 Å². The lowest BCUT2D eigenvalue weighted by Crippen LogP contribution is -2.47. The second kappa shape index (κ2) is 7.20. The molecule has 2 amide bonds. The van der Waals surface area contributed by atoms with Gasteiger partial charge >= 0.3 is 6.09 Å². The molecule has 106 valence electrons. The first-order valence-electron chi connectivity index (χ1n) is 6.04. The number of nitrogens with zero attached hydrogens (tertiary/aromatic N) is 1. The molecule has 0 aromatic heterocycles. The third-order valence-corrected chi connectivity index (χ3v) is 1.98. The van der Waals surface area contributed by atoms with E-state index in [1.165, 1.54) is 0 Å². The number of amides is 2. The van der Waals surface area contributed by atoms with Crippen LogP contribution in [0.1, 0.15) is 27.7 Å². The molecule has 0 heterocycles. The van der Waals surface area contributed by atoms with Gasteiger partial charge in [0.15, 0.2) is 0 Å². The summed E-state index contributed by atoms with van der Waals surface area (Å²) in [5, 5.41) is 5.22. The standard InChI is InChI=1S/C12H25N3O3/c1-9(10(16)13-7-8-15(5)6)14-11(17)18-12(2,3)4/h9H,7-8H2,1-6H3,(H,13,16)(H,14,17). The lowest BCUT2D eigenvalue weighted by Gasteiger charge is -2.21. The fourth-order valence-corrected chi connectivity index (χ4v) is 1.11. The van der Waals surface area contributed by atoms with Crippen molar-refractivity contribution < 1.29 is 14.3 Å². The van der Waals surface area contributed by atoms with E-state index in [-0.39, 0.29) is 5.91 Å². The summed E-state index contributed by atoms with van der Waals surface area (Å²) in [7, 11) is 3.85. The first-order valence-corrected chi connectivity index (χ1v) is 6.04. The summed E-state index contributed by atoms with van der Waals surface area (Å²) in [4.78, 5) is 25.0. The molecule has 0 bridgehead atoms. The molecule has 0 fully saturated rings. The molecule has 1 atom stereocenters. The topological polar surface area (TPSA) is 70.7 Å². The average molecular weight is 259 g/mol. The van der Waals surface area contributed by atoms with Gasteiger partial charge in [0.2, 0.25) is 5.91 Å². The molecule has 0 aromatic carbocycles. The van der Waals surface area contributed by atoms with Crippen molar-refractivity contribution in [3.8, 4) is 0 Å². The minimum absolute atomic E-state index is 0.220. The van der Waals surface area contributed by atoms with Crippen molar-refractivity contribution in [1.82, 2.24) is 15.5 Å². The maximum atomic E-state index is 11.6. The fourth-order valence-electron chi connectivity index (χ4n) is 1.11. The number of likely N-dealkylation sites (N-methyl/N-ethyl adjacent to an activating group) is 1. The Bertz CT molecular complexity index is 285. The predicted molar refractivity (Wildman–Crippen MR) is 70.4 cm³/mol. The molecule has 0 saturated carbocycles. The molecule has 0 rings (SSSR count). The number of ether oxygens (including phenoxy) is 1. The quantitative estimate of drug-likeness (QED) is 0.757. The van der Waals surface area contributed by atoms with Crippen molar-refractivity contribution in [2.45, 2.75) is 39.3 Å². The highest BCUT2D eigenvalue weighted by atomic mass is 16.6. The summed E-state index contributed by atoms with van der Waals surface area (Å²) in [5.41, 5.74) is -0.564. The Morgan fingerprint density at radius 2 is 1.83 bits per heavy atom. The highest BCUT2D eigenvalue weighted by molar-refractivity contribution is 5.85. The number of nitrogens with one attached hydrogen (secondary N) is 2. The SMILES string of the molecule is CC(NC(=O)OC(C)(C)C)C(=O)NCCN(C)C. The van der Waals surface area contributed by atoms with Crippen LogP contribution < -0.4 is 10.6 Å². The van der Waals surface area contributed by atoms with Gasteiger partial charge in [0.1, 0.15) is 11.6 Å². The summed E-state index contributed by atoms with van der Waals surface area (Å²) < 4.78 is 5.06. The molecule has 0 saturated heterocycles. The molecule has 6 heteroatoms. The smallest absolute Gasteiger partial charge is 0.408 e. The minimum Gasteiger partial charge on any atom is -0.444 e. The maximum Gasteiger partial charge on any atom is 0.408 e. The van der Waals surface area contributed by atoms with Gasteiger partial charge in [0.05, 0.1) is 0 Å². The monoisotopic (exact) mass is 259 g/mol. The van der Waals surface area contributed by atoms with Crippen LogP contribution in [0.4, 0.5) is 4.79 Å². The van der Waals surface area contributed by atoms with Gasteiger partial charge in [-0.3, -0.25) is 4.79 Å². The molecule has 0 aliphatic heterocycles. The van der Waals surface area contributed by atoms with Crippen molar-refractivity contribution >= 4 is 12.0 Å². The van der Waals surface area contributed by atoms with Crippen LogP contribution in [-0.4, -0.2) is 55.7 Å². The highest BCUT2D eigenvalue weighted by Gasteiger charge is 2.20. The number of hydrogen-bond donors (Lipinski definition) is 2. The molecule has 1 unspecified atom stereocenters. The molecule has 0 spiro atoms. The Balaban J connectivity index is 3.97. The first kappa shape index (κ1) is 16.7. The van der Waals surface area contributed by atoms with Crippen molar-refractivity contribution in [2.24, 2.45) is 0 Å². The van der Waals surface area contributed by atoms with Crippen LogP contribution in [0.5, 0.6) is 0 Å². The van der Waals surface area contributed by atoms with Crippen LogP contribution in [-0.2, 0) is 9.53 Å². The summed E-state index contributed by atoms with van der Waals surface area (Å²) in [5.74, 6) is -0.220. The van der Waals surface area contributed by atoms with Gasteiger partial charge in [-0.1, -0.05) is 0 Å². The predicted octanol–water partition coefficient (Wildman–Crippen LogP) is 0.577. The number of hydrogen-bond acceptors (Lipinski definition) is 4. The summed E-state index contributed by atoms with van der Waals surface area (Å²) >= 11 is 0. The molecule has 6 nitrogen and oxygen atoms in total. The zero-order valence-electron chi connectivity index (χ0n) is 12.2. The van der Waals surface area contributed by atoms with Crippen molar-refractivity contribution in [3.05, 3.63) is 0 Å². The van der Waals surface area contributed by atoms with Crippen LogP contribution in [0.25, 0.3) is 0 Å². The van der Waals surface area contributed by atoms with Crippen molar-refractivity contribution in [1.29, 1.82) is 0 Å².